The Labute approximate surface area is 279 Å². The SMILES string of the molecule is CCN(CC)c1ccc(-n2c(C)cc([C@H]3[C@H](c4ccccn4)NC(=S)N3c3ccc(N4C[C@H](C)C[C@H](C)C4)c(Cl)c3)c2C)cc1. The molecule has 0 bridgehead atoms. The average Bonchev–Trinajstić information content (AvgIpc) is 3.52. The molecule has 0 radical (unpaired) electrons. The van der Waals surface area contributed by atoms with Crippen molar-refractivity contribution in [1.29, 1.82) is 0 Å². The fourth-order valence-electron chi connectivity index (χ4n) is 7.60. The maximum Gasteiger partial charge on any atom is 0.174 e. The molecule has 2 fully saturated rings. The predicted octanol–water partition coefficient (Wildman–Crippen LogP) is 8.65. The van der Waals surface area contributed by atoms with Gasteiger partial charge in [-0.05, 0) is 124 Å². The third-order valence-corrected chi connectivity index (χ3v) is 10.2. The Morgan fingerprint density at radius 2 is 1.62 bits per heavy atom. The first kappa shape index (κ1) is 31.4. The van der Waals surface area contributed by atoms with Crippen LogP contribution < -0.4 is 20.0 Å². The summed E-state index contributed by atoms with van der Waals surface area (Å²) in [5, 5.41) is 5.07. The summed E-state index contributed by atoms with van der Waals surface area (Å²) in [4.78, 5) is 11.8. The highest BCUT2D eigenvalue weighted by atomic mass is 35.5. The molecule has 2 aliphatic heterocycles. The quantitative estimate of drug-likeness (QED) is 0.194. The Kier molecular flexibility index (Phi) is 9.12. The van der Waals surface area contributed by atoms with Crippen LogP contribution in [0, 0.1) is 25.7 Å². The van der Waals surface area contributed by atoms with Crippen molar-refractivity contribution < 1.29 is 0 Å². The lowest BCUT2D eigenvalue weighted by Crippen LogP contribution is -2.38. The van der Waals surface area contributed by atoms with Gasteiger partial charge in [0.15, 0.2) is 5.11 Å². The first-order valence-corrected chi connectivity index (χ1v) is 17.1. The number of piperidine rings is 1. The third kappa shape index (κ3) is 6.05. The predicted molar refractivity (Wildman–Crippen MR) is 193 cm³/mol. The van der Waals surface area contributed by atoms with Crippen molar-refractivity contribution in [3.8, 4) is 5.69 Å². The fourth-order valence-corrected chi connectivity index (χ4v) is 8.24. The van der Waals surface area contributed by atoms with Crippen LogP contribution in [0.3, 0.4) is 0 Å². The molecule has 2 aromatic carbocycles. The van der Waals surface area contributed by atoms with Gasteiger partial charge in [-0.2, -0.15) is 0 Å². The van der Waals surface area contributed by atoms with Gasteiger partial charge in [0.1, 0.15) is 0 Å². The van der Waals surface area contributed by atoms with Crippen LogP contribution in [0.4, 0.5) is 17.1 Å². The molecule has 236 valence electrons. The van der Waals surface area contributed by atoms with E-state index >= 15 is 0 Å². The van der Waals surface area contributed by atoms with Crippen LogP contribution in [-0.2, 0) is 0 Å². The summed E-state index contributed by atoms with van der Waals surface area (Å²) in [5.74, 6) is 1.29. The molecule has 2 aromatic heterocycles. The summed E-state index contributed by atoms with van der Waals surface area (Å²) in [5.41, 5.74) is 9.01. The van der Waals surface area contributed by atoms with Crippen LogP contribution >= 0.6 is 23.8 Å². The molecular weight excluding hydrogens is 596 g/mol. The Balaban J connectivity index is 1.41. The molecule has 2 aliphatic rings. The van der Waals surface area contributed by atoms with E-state index in [0.717, 1.165) is 54.0 Å². The fraction of sp³-hybridized carbons (Fsp3) is 0.405. The molecule has 0 saturated carbocycles. The zero-order valence-electron chi connectivity index (χ0n) is 27.3. The third-order valence-electron chi connectivity index (χ3n) is 9.54. The minimum Gasteiger partial charge on any atom is -0.372 e. The number of halogens is 1. The number of nitrogens with one attached hydrogen (secondary N) is 1. The van der Waals surface area contributed by atoms with Gasteiger partial charge in [-0.1, -0.05) is 31.5 Å². The van der Waals surface area contributed by atoms with E-state index < -0.39 is 0 Å². The van der Waals surface area contributed by atoms with Crippen molar-refractivity contribution in [3.05, 3.63) is 101 Å². The van der Waals surface area contributed by atoms with Crippen molar-refractivity contribution in [2.45, 2.75) is 60.0 Å². The number of benzene rings is 2. The van der Waals surface area contributed by atoms with Gasteiger partial charge in [0, 0.05) is 60.8 Å². The standard InChI is InChI=1S/C37H45ClN6S/c1-7-41(8-2)28-12-14-29(15-13-28)43-26(5)20-31(27(43)6)36-35(33-11-9-10-18-39-33)40-37(45)44(36)30-16-17-34(32(38)21-30)42-22-24(3)19-25(4)23-42/h9-18,20-21,24-25,35-36H,7-8,19,22-23H2,1-6H3,(H,40,45)/t24-,25+,35-,36-/m0/s1. The lowest BCUT2D eigenvalue weighted by molar-refractivity contribution is 0.357. The minimum absolute atomic E-state index is 0.112. The minimum atomic E-state index is -0.125. The highest BCUT2D eigenvalue weighted by Crippen LogP contribution is 2.45. The van der Waals surface area contributed by atoms with Crippen LogP contribution in [0.5, 0.6) is 0 Å². The zero-order valence-corrected chi connectivity index (χ0v) is 28.9. The highest BCUT2D eigenvalue weighted by Gasteiger charge is 2.42. The van der Waals surface area contributed by atoms with Crippen LogP contribution in [0.2, 0.25) is 5.02 Å². The smallest absolute Gasteiger partial charge is 0.174 e. The van der Waals surface area contributed by atoms with Gasteiger partial charge in [-0.15, -0.1) is 0 Å². The van der Waals surface area contributed by atoms with Crippen molar-refractivity contribution in [3.63, 3.8) is 0 Å². The molecule has 6 rings (SSSR count). The van der Waals surface area contributed by atoms with Crippen LogP contribution in [0.15, 0.2) is 72.9 Å². The molecule has 4 aromatic rings. The molecule has 0 spiro atoms. The van der Waals surface area contributed by atoms with Crippen LogP contribution in [0.1, 0.15) is 68.8 Å². The van der Waals surface area contributed by atoms with E-state index in [0.29, 0.717) is 16.9 Å². The van der Waals surface area contributed by atoms with Crippen molar-refractivity contribution in [2.24, 2.45) is 11.8 Å². The summed E-state index contributed by atoms with van der Waals surface area (Å²) in [6, 6.07) is 23.5. The second-order valence-electron chi connectivity index (χ2n) is 12.8. The number of rotatable bonds is 8. The first-order chi connectivity index (χ1) is 21.7. The molecular formula is C37H45ClN6S. The molecule has 2 saturated heterocycles. The number of hydrogen-bond acceptors (Lipinski definition) is 4. The monoisotopic (exact) mass is 640 g/mol. The maximum absolute atomic E-state index is 7.08. The summed E-state index contributed by atoms with van der Waals surface area (Å²) < 4.78 is 2.35. The number of nitrogens with zero attached hydrogens (tertiary/aromatic N) is 5. The van der Waals surface area contributed by atoms with Gasteiger partial charge < -0.3 is 24.6 Å². The lowest BCUT2D eigenvalue weighted by atomic mass is 9.91. The normalized spacial score (nSPS) is 21.7. The molecule has 4 heterocycles. The highest BCUT2D eigenvalue weighted by molar-refractivity contribution is 7.80. The average molecular weight is 641 g/mol. The summed E-state index contributed by atoms with van der Waals surface area (Å²) in [7, 11) is 0. The summed E-state index contributed by atoms with van der Waals surface area (Å²) >= 11 is 13.1. The molecule has 0 aliphatic carbocycles. The molecule has 6 nitrogen and oxygen atoms in total. The van der Waals surface area contributed by atoms with Gasteiger partial charge >= 0.3 is 0 Å². The van der Waals surface area contributed by atoms with E-state index in [1.807, 2.05) is 18.3 Å². The first-order valence-electron chi connectivity index (χ1n) is 16.3. The van der Waals surface area contributed by atoms with Crippen LogP contribution in [0.25, 0.3) is 5.69 Å². The van der Waals surface area contributed by atoms with Gasteiger partial charge in [0.25, 0.3) is 0 Å². The Bertz CT molecular complexity index is 1640. The Morgan fingerprint density at radius 3 is 2.24 bits per heavy atom. The number of hydrogen-bond donors (Lipinski definition) is 1. The van der Waals surface area contributed by atoms with E-state index in [1.54, 1.807) is 0 Å². The van der Waals surface area contributed by atoms with E-state index in [-0.39, 0.29) is 12.1 Å². The van der Waals surface area contributed by atoms with Crippen LogP contribution in [-0.4, -0.2) is 40.8 Å². The van der Waals surface area contributed by atoms with E-state index in [1.165, 1.54) is 29.1 Å². The maximum atomic E-state index is 7.08. The molecule has 45 heavy (non-hydrogen) atoms. The number of anilines is 3. The summed E-state index contributed by atoms with van der Waals surface area (Å²) in [6.45, 7) is 17.5. The number of thiocarbonyl (C=S) groups is 1. The van der Waals surface area contributed by atoms with Gasteiger partial charge in [-0.3, -0.25) is 4.98 Å². The molecule has 8 heteroatoms. The largest absolute Gasteiger partial charge is 0.372 e. The number of aryl methyl sites for hydroxylation is 1. The summed E-state index contributed by atoms with van der Waals surface area (Å²) in [6.07, 6.45) is 3.11. The van der Waals surface area contributed by atoms with Gasteiger partial charge in [0.2, 0.25) is 0 Å². The van der Waals surface area contributed by atoms with E-state index in [9.17, 15) is 0 Å². The number of pyridine rings is 1. The van der Waals surface area contributed by atoms with Crippen molar-refractivity contribution >= 4 is 46.0 Å². The Hall–Kier alpha value is -3.55. The van der Waals surface area contributed by atoms with E-state index in [2.05, 4.69) is 121 Å². The number of aromatic nitrogens is 2. The van der Waals surface area contributed by atoms with Gasteiger partial charge in [-0.25, -0.2) is 0 Å². The van der Waals surface area contributed by atoms with Gasteiger partial charge in [0.05, 0.1) is 28.5 Å². The second kappa shape index (κ2) is 13.1. The van der Waals surface area contributed by atoms with E-state index in [4.69, 9.17) is 28.8 Å². The van der Waals surface area contributed by atoms with Crippen molar-refractivity contribution in [1.82, 2.24) is 14.9 Å². The zero-order chi connectivity index (χ0) is 31.8. The molecule has 4 atom stereocenters. The second-order valence-corrected chi connectivity index (χ2v) is 13.6. The Morgan fingerprint density at radius 1 is 0.933 bits per heavy atom. The molecule has 0 unspecified atom stereocenters. The lowest BCUT2D eigenvalue weighted by Gasteiger charge is -2.37. The molecule has 0 amide bonds. The molecule has 1 N–H and O–H groups in total. The topological polar surface area (TPSA) is 39.6 Å². The van der Waals surface area contributed by atoms with Crippen molar-refractivity contribution in [2.75, 3.05) is 40.9 Å².